The maximum atomic E-state index is 3.73. The van der Waals surface area contributed by atoms with Gasteiger partial charge in [-0.15, -0.1) is 6.58 Å². The highest BCUT2D eigenvalue weighted by atomic mass is 14.1. The van der Waals surface area contributed by atoms with Crippen LogP contribution >= 0.6 is 0 Å². The first-order valence-electron chi connectivity index (χ1n) is 5.72. The largest absolute Gasteiger partial charge is 0.103 e. The van der Waals surface area contributed by atoms with Crippen LogP contribution in [-0.4, -0.2) is 0 Å². The van der Waals surface area contributed by atoms with Crippen molar-refractivity contribution in [3.63, 3.8) is 0 Å². The van der Waals surface area contributed by atoms with Gasteiger partial charge in [0.15, 0.2) is 0 Å². The fourth-order valence-electron chi connectivity index (χ4n) is 1.96. The highest BCUT2D eigenvalue weighted by Gasteiger charge is 2.02. The normalized spacial score (nSPS) is 15.8. The minimum Gasteiger partial charge on any atom is -0.103 e. The van der Waals surface area contributed by atoms with Crippen LogP contribution in [0.1, 0.15) is 57.8 Å². The molecule has 0 aromatic heterocycles. The maximum absolute atomic E-state index is 3.73. The molecule has 0 saturated heterocycles. The van der Waals surface area contributed by atoms with Crippen LogP contribution in [0.4, 0.5) is 0 Å². The highest BCUT2D eigenvalue weighted by molar-refractivity contribution is 5.06. The van der Waals surface area contributed by atoms with Crippen molar-refractivity contribution in [3.05, 3.63) is 24.3 Å². The Hall–Kier alpha value is -0.520. The zero-order chi connectivity index (χ0) is 9.36. The molecule has 0 fully saturated rings. The van der Waals surface area contributed by atoms with E-state index in [4.69, 9.17) is 0 Å². The van der Waals surface area contributed by atoms with E-state index in [-0.39, 0.29) is 0 Å². The molecular formula is C13H22. The van der Waals surface area contributed by atoms with Crippen LogP contribution in [0.2, 0.25) is 0 Å². The number of rotatable bonds is 7. The molecule has 13 heavy (non-hydrogen) atoms. The van der Waals surface area contributed by atoms with E-state index in [1.165, 1.54) is 57.8 Å². The fourth-order valence-corrected chi connectivity index (χ4v) is 1.96. The van der Waals surface area contributed by atoms with Gasteiger partial charge in [0.1, 0.15) is 0 Å². The van der Waals surface area contributed by atoms with Crippen LogP contribution < -0.4 is 0 Å². The Morgan fingerprint density at radius 1 is 1.23 bits per heavy atom. The van der Waals surface area contributed by atoms with E-state index in [0.29, 0.717) is 0 Å². The van der Waals surface area contributed by atoms with Crippen LogP contribution in [0.3, 0.4) is 0 Å². The van der Waals surface area contributed by atoms with E-state index in [9.17, 15) is 0 Å². The van der Waals surface area contributed by atoms with Gasteiger partial charge in [-0.25, -0.2) is 0 Å². The summed E-state index contributed by atoms with van der Waals surface area (Å²) in [6.45, 7) is 3.73. The minimum atomic E-state index is 1.20. The molecule has 0 atom stereocenters. The van der Waals surface area contributed by atoms with Gasteiger partial charge in [0.2, 0.25) is 0 Å². The Balaban J connectivity index is 1.86. The predicted octanol–water partition coefficient (Wildman–Crippen LogP) is 4.62. The number of hydrogen-bond acceptors (Lipinski definition) is 0. The first-order chi connectivity index (χ1) is 6.43. The van der Waals surface area contributed by atoms with Gasteiger partial charge in [0.05, 0.1) is 0 Å². The number of allylic oxidation sites excluding steroid dienone is 3. The zero-order valence-corrected chi connectivity index (χ0v) is 8.73. The summed E-state index contributed by atoms with van der Waals surface area (Å²) in [6, 6.07) is 0. The molecule has 0 amide bonds. The predicted molar refractivity (Wildman–Crippen MR) is 59.8 cm³/mol. The molecule has 0 spiro atoms. The summed E-state index contributed by atoms with van der Waals surface area (Å²) in [5, 5.41) is 0. The first-order valence-corrected chi connectivity index (χ1v) is 5.72. The molecule has 0 unspecified atom stereocenters. The van der Waals surface area contributed by atoms with Gasteiger partial charge in [-0.1, -0.05) is 30.6 Å². The van der Waals surface area contributed by atoms with E-state index >= 15 is 0 Å². The van der Waals surface area contributed by atoms with Crippen molar-refractivity contribution in [3.8, 4) is 0 Å². The van der Waals surface area contributed by atoms with Crippen molar-refractivity contribution < 1.29 is 0 Å². The molecule has 1 rings (SSSR count). The lowest BCUT2D eigenvalue weighted by atomic mass is 10.1. The lowest BCUT2D eigenvalue weighted by Crippen LogP contribution is -1.81. The third-order valence-corrected chi connectivity index (χ3v) is 2.79. The van der Waals surface area contributed by atoms with Crippen molar-refractivity contribution in [1.29, 1.82) is 0 Å². The third-order valence-electron chi connectivity index (χ3n) is 2.79. The summed E-state index contributed by atoms with van der Waals surface area (Å²) in [4.78, 5) is 0. The Morgan fingerprint density at radius 3 is 2.77 bits per heavy atom. The van der Waals surface area contributed by atoms with E-state index < -0.39 is 0 Å². The molecule has 0 aliphatic heterocycles. The van der Waals surface area contributed by atoms with Gasteiger partial charge in [-0.05, 0) is 44.9 Å². The van der Waals surface area contributed by atoms with Crippen molar-refractivity contribution in [2.24, 2.45) is 0 Å². The molecule has 0 heteroatoms. The Bertz CT molecular complexity index is 165. The molecule has 0 heterocycles. The molecule has 1 aliphatic rings. The van der Waals surface area contributed by atoms with Gasteiger partial charge >= 0.3 is 0 Å². The molecule has 74 valence electrons. The molecule has 0 nitrogen and oxygen atoms in total. The molecule has 0 aromatic carbocycles. The summed E-state index contributed by atoms with van der Waals surface area (Å²) in [5.74, 6) is 0. The molecular weight excluding hydrogens is 156 g/mol. The van der Waals surface area contributed by atoms with Crippen LogP contribution in [-0.2, 0) is 0 Å². The lowest BCUT2D eigenvalue weighted by molar-refractivity contribution is 0.639. The maximum Gasteiger partial charge on any atom is -0.0317 e. The molecule has 0 aromatic rings. The van der Waals surface area contributed by atoms with Gasteiger partial charge < -0.3 is 0 Å². The zero-order valence-electron chi connectivity index (χ0n) is 8.73. The smallest absolute Gasteiger partial charge is 0.0317 e. The van der Waals surface area contributed by atoms with E-state index in [0.717, 1.165) is 0 Å². The summed E-state index contributed by atoms with van der Waals surface area (Å²) in [7, 11) is 0. The van der Waals surface area contributed by atoms with Crippen LogP contribution in [0.25, 0.3) is 0 Å². The Kier molecular flexibility index (Phi) is 5.64. The second kappa shape index (κ2) is 6.94. The summed E-state index contributed by atoms with van der Waals surface area (Å²) in [6.07, 6.45) is 16.7. The quantitative estimate of drug-likeness (QED) is 0.394. The van der Waals surface area contributed by atoms with Crippen molar-refractivity contribution in [1.82, 2.24) is 0 Å². The van der Waals surface area contributed by atoms with Gasteiger partial charge in [-0.2, -0.15) is 0 Å². The average molecular weight is 178 g/mol. The monoisotopic (exact) mass is 178 g/mol. The second-order valence-corrected chi connectivity index (χ2v) is 4.00. The molecule has 0 radical (unpaired) electrons. The topological polar surface area (TPSA) is 0 Å². The fraction of sp³-hybridized carbons (Fsp3) is 0.692. The van der Waals surface area contributed by atoms with Crippen LogP contribution in [0.5, 0.6) is 0 Å². The standard InChI is InChI=1S/C13H22/c1-2-3-4-5-6-7-10-13-11-8-9-12-13/h2,11H,1,3-10,12H2. The SMILES string of the molecule is C=CCCCCCCC1=CCCC1. The van der Waals surface area contributed by atoms with E-state index in [1.54, 1.807) is 5.57 Å². The summed E-state index contributed by atoms with van der Waals surface area (Å²) < 4.78 is 0. The van der Waals surface area contributed by atoms with Crippen LogP contribution in [0, 0.1) is 0 Å². The first kappa shape index (κ1) is 10.6. The summed E-state index contributed by atoms with van der Waals surface area (Å²) in [5.41, 5.74) is 1.73. The average Bonchev–Trinajstić information content (AvgIpc) is 2.63. The van der Waals surface area contributed by atoms with Crippen LogP contribution in [0.15, 0.2) is 24.3 Å². The van der Waals surface area contributed by atoms with E-state index in [1.807, 2.05) is 6.08 Å². The molecule has 1 aliphatic carbocycles. The van der Waals surface area contributed by atoms with Gasteiger partial charge in [0.25, 0.3) is 0 Å². The van der Waals surface area contributed by atoms with Crippen molar-refractivity contribution >= 4 is 0 Å². The number of hydrogen-bond donors (Lipinski definition) is 0. The second-order valence-electron chi connectivity index (χ2n) is 4.00. The Morgan fingerprint density at radius 2 is 2.08 bits per heavy atom. The van der Waals surface area contributed by atoms with E-state index in [2.05, 4.69) is 12.7 Å². The number of unbranched alkanes of at least 4 members (excludes halogenated alkanes) is 4. The minimum absolute atomic E-state index is 1.20. The van der Waals surface area contributed by atoms with Crippen molar-refractivity contribution in [2.45, 2.75) is 57.8 Å². The molecule has 0 bridgehead atoms. The van der Waals surface area contributed by atoms with Crippen molar-refractivity contribution in [2.75, 3.05) is 0 Å². The highest BCUT2D eigenvalue weighted by Crippen LogP contribution is 2.22. The van der Waals surface area contributed by atoms with Gasteiger partial charge in [0, 0.05) is 0 Å². The molecule has 0 N–H and O–H groups in total. The summed E-state index contributed by atoms with van der Waals surface area (Å²) >= 11 is 0. The van der Waals surface area contributed by atoms with Gasteiger partial charge in [-0.3, -0.25) is 0 Å². The third kappa shape index (κ3) is 4.92. The lowest BCUT2D eigenvalue weighted by Gasteiger charge is -2.01. The molecule has 0 saturated carbocycles. The Labute approximate surface area is 82.7 Å².